The number of nitrogens with one attached hydrogen (secondary N) is 2. The molecule has 0 spiro atoms. The Morgan fingerprint density at radius 1 is 1.41 bits per heavy atom. The van der Waals surface area contributed by atoms with E-state index in [9.17, 15) is 4.79 Å². The van der Waals surface area contributed by atoms with Crippen molar-refractivity contribution in [3.8, 4) is 0 Å². The van der Waals surface area contributed by atoms with Crippen LogP contribution in [0, 0.1) is 0 Å². The molecule has 0 aromatic carbocycles. The molecule has 5 nitrogen and oxygen atoms in total. The molecule has 0 saturated carbocycles. The summed E-state index contributed by atoms with van der Waals surface area (Å²) in [6.07, 6.45) is 5.77. The number of rotatable bonds is 3. The van der Waals surface area contributed by atoms with Crippen LogP contribution in [0.5, 0.6) is 0 Å². The smallest absolute Gasteiger partial charge is 0.258 e. The Hall–Kier alpha value is -1.85. The summed E-state index contributed by atoms with van der Waals surface area (Å²) < 4.78 is 0. The number of hydrogen-bond donors (Lipinski definition) is 2. The Balaban J connectivity index is 1.64. The minimum Gasteiger partial charge on any atom is -0.348 e. The number of aromatic amines is 1. The molecule has 116 valence electrons. The molecule has 22 heavy (non-hydrogen) atoms. The summed E-state index contributed by atoms with van der Waals surface area (Å²) in [7, 11) is 2.15. The second-order valence-corrected chi connectivity index (χ2v) is 6.14. The third kappa shape index (κ3) is 3.48. The second-order valence-electron chi connectivity index (χ2n) is 5.75. The van der Waals surface area contributed by atoms with Gasteiger partial charge in [0.15, 0.2) is 0 Å². The molecule has 0 atom stereocenters. The van der Waals surface area contributed by atoms with Gasteiger partial charge in [0.25, 0.3) is 5.91 Å². The third-order valence-electron chi connectivity index (χ3n) is 4.13. The SMILES string of the molecule is CN1CCC(c2c[nH]c(NC(=O)c3ccc(Cl)nc3)c2)CC1. The summed E-state index contributed by atoms with van der Waals surface area (Å²) in [6.45, 7) is 2.24. The van der Waals surface area contributed by atoms with Crippen molar-refractivity contribution in [2.45, 2.75) is 18.8 Å². The van der Waals surface area contributed by atoms with Crippen LogP contribution in [0.2, 0.25) is 5.15 Å². The molecule has 0 aliphatic carbocycles. The largest absolute Gasteiger partial charge is 0.348 e. The number of hydrogen-bond acceptors (Lipinski definition) is 3. The van der Waals surface area contributed by atoms with E-state index in [0.29, 0.717) is 22.5 Å². The van der Waals surface area contributed by atoms with Gasteiger partial charge in [-0.05, 0) is 62.7 Å². The molecule has 2 aromatic rings. The number of pyridine rings is 1. The minimum absolute atomic E-state index is 0.194. The second kappa shape index (κ2) is 6.50. The van der Waals surface area contributed by atoms with E-state index in [1.54, 1.807) is 12.1 Å². The van der Waals surface area contributed by atoms with Crippen molar-refractivity contribution < 1.29 is 4.79 Å². The maximum Gasteiger partial charge on any atom is 0.258 e. The van der Waals surface area contributed by atoms with Crippen LogP contribution in [0.4, 0.5) is 5.82 Å². The Bertz CT molecular complexity index is 644. The topological polar surface area (TPSA) is 61.0 Å². The van der Waals surface area contributed by atoms with E-state index in [-0.39, 0.29) is 5.91 Å². The van der Waals surface area contributed by atoms with Crippen molar-refractivity contribution >= 4 is 23.3 Å². The molecule has 2 N–H and O–H groups in total. The summed E-state index contributed by atoms with van der Waals surface area (Å²) in [6, 6.07) is 5.29. The Morgan fingerprint density at radius 2 is 2.18 bits per heavy atom. The number of carbonyl (C=O) groups excluding carboxylic acids is 1. The van der Waals surface area contributed by atoms with Crippen molar-refractivity contribution in [2.75, 3.05) is 25.5 Å². The highest BCUT2D eigenvalue weighted by Crippen LogP contribution is 2.29. The zero-order chi connectivity index (χ0) is 15.5. The molecule has 0 unspecified atom stereocenters. The number of carbonyl (C=O) groups is 1. The lowest BCUT2D eigenvalue weighted by Crippen LogP contribution is -2.29. The molecule has 1 aliphatic heterocycles. The van der Waals surface area contributed by atoms with Crippen molar-refractivity contribution in [2.24, 2.45) is 0 Å². The number of amides is 1. The average molecular weight is 319 g/mol. The number of piperidine rings is 1. The normalized spacial score (nSPS) is 16.6. The minimum atomic E-state index is -0.194. The van der Waals surface area contributed by atoms with Gasteiger partial charge in [-0.2, -0.15) is 0 Å². The lowest BCUT2D eigenvalue weighted by atomic mass is 9.91. The van der Waals surface area contributed by atoms with E-state index in [0.717, 1.165) is 25.9 Å². The van der Waals surface area contributed by atoms with Crippen molar-refractivity contribution in [1.82, 2.24) is 14.9 Å². The molecule has 1 amide bonds. The molecular weight excluding hydrogens is 300 g/mol. The van der Waals surface area contributed by atoms with Crippen LogP contribution in [0.15, 0.2) is 30.6 Å². The van der Waals surface area contributed by atoms with Crippen LogP contribution >= 0.6 is 11.6 Å². The third-order valence-corrected chi connectivity index (χ3v) is 4.36. The van der Waals surface area contributed by atoms with Gasteiger partial charge in [-0.3, -0.25) is 4.79 Å². The highest BCUT2D eigenvalue weighted by molar-refractivity contribution is 6.29. The first kappa shape index (κ1) is 15.1. The molecule has 6 heteroatoms. The maximum atomic E-state index is 12.1. The van der Waals surface area contributed by atoms with Gasteiger partial charge in [0.2, 0.25) is 0 Å². The van der Waals surface area contributed by atoms with E-state index in [1.165, 1.54) is 11.8 Å². The molecule has 1 fully saturated rings. The van der Waals surface area contributed by atoms with Crippen molar-refractivity contribution in [1.29, 1.82) is 0 Å². The van der Waals surface area contributed by atoms with Crippen LogP contribution in [0.3, 0.4) is 0 Å². The monoisotopic (exact) mass is 318 g/mol. The van der Waals surface area contributed by atoms with Crippen LogP contribution in [-0.2, 0) is 0 Å². The van der Waals surface area contributed by atoms with Crippen LogP contribution in [0.1, 0.15) is 34.7 Å². The fraction of sp³-hybridized carbons (Fsp3) is 0.375. The first-order chi connectivity index (χ1) is 10.6. The molecule has 3 rings (SSSR count). The van der Waals surface area contributed by atoms with Gasteiger partial charge in [-0.25, -0.2) is 4.98 Å². The van der Waals surface area contributed by atoms with Gasteiger partial charge >= 0.3 is 0 Å². The Morgan fingerprint density at radius 3 is 2.86 bits per heavy atom. The lowest BCUT2D eigenvalue weighted by molar-refractivity contribution is 0.102. The fourth-order valence-electron chi connectivity index (χ4n) is 2.77. The summed E-state index contributed by atoms with van der Waals surface area (Å²) in [5.41, 5.74) is 1.75. The predicted molar refractivity (Wildman–Crippen MR) is 87.5 cm³/mol. The molecular formula is C16H19ClN4O. The van der Waals surface area contributed by atoms with Crippen LogP contribution in [0.25, 0.3) is 0 Å². The Labute approximate surface area is 134 Å². The molecule has 2 aromatic heterocycles. The van der Waals surface area contributed by atoms with E-state index in [1.807, 2.05) is 12.3 Å². The summed E-state index contributed by atoms with van der Waals surface area (Å²) in [4.78, 5) is 21.5. The summed E-state index contributed by atoms with van der Waals surface area (Å²) in [5, 5.41) is 3.23. The molecule has 3 heterocycles. The first-order valence-electron chi connectivity index (χ1n) is 7.41. The zero-order valence-electron chi connectivity index (χ0n) is 12.5. The molecule has 1 aliphatic rings. The van der Waals surface area contributed by atoms with Crippen molar-refractivity contribution in [3.63, 3.8) is 0 Å². The molecule has 0 bridgehead atoms. The molecule has 0 radical (unpaired) electrons. The van der Waals surface area contributed by atoms with E-state index in [4.69, 9.17) is 11.6 Å². The highest BCUT2D eigenvalue weighted by atomic mass is 35.5. The van der Waals surface area contributed by atoms with E-state index < -0.39 is 0 Å². The lowest BCUT2D eigenvalue weighted by Gasteiger charge is -2.28. The maximum absolute atomic E-state index is 12.1. The Kier molecular flexibility index (Phi) is 4.45. The van der Waals surface area contributed by atoms with Gasteiger partial charge < -0.3 is 15.2 Å². The van der Waals surface area contributed by atoms with Crippen LogP contribution in [-0.4, -0.2) is 40.9 Å². The van der Waals surface area contributed by atoms with Gasteiger partial charge in [0, 0.05) is 12.4 Å². The van der Waals surface area contributed by atoms with Gasteiger partial charge in [-0.15, -0.1) is 0 Å². The highest BCUT2D eigenvalue weighted by Gasteiger charge is 2.19. The summed E-state index contributed by atoms with van der Waals surface area (Å²) >= 11 is 5.72. The fourth-order valence-corrected chi connectivity index (χ4v) is 2.88. The van der Waals surface area contributed by atoms with Gasteiger partial charge in [0.1, 0.15) is 11.0 Å². The number of nitrogens with zero attached hydrogens (tertiary/aromatic N) is 2. The standard InChI is InChI=1S/C16H19ClN4O/c1-21-6-4-11(5-7-21)13-8-15(19-10-13)20-16(22)12-2-3-14(17)18-9-12/h2-3,8-11,19H,4-7H2,1H3,(H,20,22). The number of anilines is 1. The van der Waals surface area contributed by atoms with E-state index in [2.05, 4.69) is 27.2 Å². The number of H-pyrrole nitrogens is 1. The average Bonchev–Trinajstić information content (AvgIpc) is 2.97. The summed E-state index contributed by atoms with van der Waals surface area (Å²) in [5.74, 6) is 1.09. The molecule has 1 saturated heterocycles. The first-order valence-corrected chi connectivity index (χ1v) is 7.79. The number of halogens is 1. The van der Waals surface area contributed by atoms with Crippen molar-refractivity contribution in [3.05, 3.63) is 46.9 Å². The quantitative estimate of drug-likeness (QED) is 0.855. The zero-order valence-corrected chi connectivity index (χ0v) is 13.2. The number of aromatic nitrogens is 2. The van der Waals surface area contributed by atoms with Gasteiger partial charge in [-0.1, -0.05) is 11.6 Å². The predicted octanol–water partition coefficient (Wildman–Crippen LogP) is 3.12. The van der Waals surface area contributed by atoms with E-state index >= 15 is 0 Å². The number of likely N-dealkylation sites (tertiary alicyclic amines) is 1. The van der Waals surface area contributed by atoms with Crippen LogP contribution < -0.4 is 5.32 Å². The van der Waals surface area contributed by atoms with Gasteiger partial charge in [0.05, 0.1) is 5.56 Å².